The van der Waals surface area contributed by atoms with Crippen molar-refractivity contribution in [3.8, 4) is 0 Å². The maximum Gasteiger partial charge on any atom is 0.271 e. The summed E-state index contributed by atoms with van der Waals surface area (Å²) < 4.78 is 0. The number of hydrazone groups is 1. The second-order valence-corrected chi connectivity index (χ2v) is 8.27. The molecule has 3 nitrogen and oxygen atoms in total. The molecule has 0 heterocycles. The Bertz CT molecular complexity index is 1090. The highest BCUT2D eigenvalue weighted by molar-refractivity contribution is 6.30. The van der Waals surface area contributed by atoms with Crippen LogP contribution in [0, 0.1) is 5.92 Å². The van der Waals surface area contributed by atoms with Gasteiger partial charge in [0.05, 0.1) is 0 Å². The summed E-state index contributed by atoms with van der Waals surface area (Å²) in [6.07, 6.45) is 1.01. The van der Waals surface area contributed by atoms with E-state index in [1.807, 2.05) is 6.92 Å². The highest BCUT2D eigenvalue weighted by atomic mass is 35.5. The molecule has 0 saturated carbocycles. The number of carbonyl (C=O) groups is 1. The molecule has 0 fully saturated rings. The topological polar surface area (TPSA) is 41.5 Å². The van der Waals surface area contributed by atoms with E-state index in [1.165, 1.54) is 22.3 Å². The van der Waals surface area contributed by atoms with Gasteiger partial charge in [-0.15, -0.1) is 0 Å². The smallest absolute Gasteiger partial charge is 0.267 e. The van der Waals surface area contributed by atoms with Crippen LogP contribution in [0.25, 0.3) is 0 Å². The van der Waals surface area contributed by atoms with E-state index >= 15 is 0 Å². The van der Waals surface area contributed by atoms with Crippen LogP contribution in [-0.2, 0) is 0 Å². The van der Waals surface area contributed by atoms with Crippen LogP contribution >= 0.6 is 11.6 Å². The summed E-state index contributed by atoms with van der Waals surface area (Å²) in [6, 6.07) is 24.4. The van der Waals surface area contributed by atoms with Crippen LogP contribution < -0.4 is 5.43 Å². The number of hydrogen-bond acceptors (Lipinski definition) is 2. The SMILES string of the molecule is CC(=NNC(=O)c1cccc(Cl)c1)C1CC2c3ccccc3C1c1ccccc12. The van der Waals surface area contributed by atoms with Gasteiger partial charge in [0.2, 0.25) is 0 Å². The third-order valence-electron chi connectivity index (χ3n) is 6.26. The molecule has 0 aromatic heterocycles. The van der Waals surface area contributed by atoms with Crippen molar-refractivity contribution in [1.82, 2.24) is 5.43 Å². The van der Waals surface area contributed by atoms with E-state index in [1.54, 1.807) is 24.3 Å². The Morgan fingerprint density at radius 3 is 2.17 bits per heavy atom. The lowest BCUT2D eigenvalue weighted by Crippen LogP contribution is -2.36. The predicted molar refractivity (Wildman–Crippen MR) is 117 cm³/mol. The molecule has 3 aliphatic rings. The van der Waals surface area contributed by atoms with E-state index in [4.69, 9.17) is 11.6 Å². The number of benzene rings is 3. The van der Waals surface area contributed by atoms with Crippen molar-refractivity contribution in [2.75, 3.05) is 0 Å². The van der Waals surface area contributed by atoms with Gasteiger partial charge in [0, 0.05) is 34.1 Å². The number of halogens is 1. The van der Waals surface area contributed by atoms with Crippen LogP contribution in [-0.4, -0.2) is 11.6 Å². The minimum Gasteiger partial charge on any atom is -0.267 e. The fourth-order valence-electron chi connectivity index (χ4n) is 4.96. The Morgan fingerprint density at radius 1 is 0.931 bits per heavy atom. The average molecular weight is 401 g/mol. The zero-order chi connectivity index (χ0) is 20.0. The minimum atomic E-state index is -0.242. The van der Waals surface area contributed by atoms with Crippen molar-refractivity contribution in [3.63, 3.8) is 0 Å². The van der Waals surface area contributed by atoms with E-state index < -0.39 is 0 Å². The lowest BCUT2D eigenvalue weighted by atomic mass is 9.58. The van der Waals surface area contributed by atoms with Crippen LogP contribution in [0.1, 0.15) is 57.8 Å². The molecule has 29 heavy (non-hydrogen) atoms. The molecule has 1 atom stereocenters. The molecule has 3 aromatic carbocycles. The van der Waals surface area contributed by atoms with Gasteiger partial charge in [0.15, 0.2) is 0 Å². The van der Waals surface area contributed by atoms with Gasteiger partial charge < -0.3 is 0 Å². The standard InChI is InChI=1S/C25H21ClN2O/c1-15(27-28-25(29)16-7-6-8-17(26)13-16)22-14-23-18-9-2-4-11-20(18)24(22)21-12-5-3-10-19(21)23/h2-13,22-24H,14H2,1H3,(H,28,29). The third-order valence-corrected chi connectivity index (χ3v) is 6.50. The molecule has 0 spiro atoms. The molecule has 1 amide bonds. The van der Waals surface area contributed by atoms with E-state index in [9.17, 15) is 4.79 Å². The van der Waals surface area contributed by atoms with Gasteiger partial charge >= 0.3 is 0 Å². The molecule has 6 rings (SSSR count). The number of carbonyl (C=O) groups excluding carboxylic acids is 1. The normalized spacial score (nSPS) is 22.0. The van der Waals surface area contributed by atoms with Crippen molar-refractivity contribution >= 4 is 23.2 Å². The monoisotopic (exact) mass is 400 g/mol. The van der Waals surface area contributed by atoms with Gasteiger partial charge in [-0.2, -0.15) is 5.10 Å². The van der Waals surface area contributed by atoms with E-state index in [0.29, 0.717) is 16.5 Å². The van der Waals surface area contributed by atoms with Gasteiger partial charge in [-0.3, -0.25) is 4.79 Å². The Hall–Kier alpha value is -2.91. The summed E-state index contributed by atoms with van der Waals surface area (Å²) in [5.74, 6) is 0.684. The largest absolute Gasteiger partial charge is 0.271 e. The second kappa shape index (κ2) is 7.16. The van der Waals surface area contributed by atoms with Gasteiger partial charge in [0.25, 0.3) is 5.91 Å². The van der Waals surface area contributed by atoms with Gasteiger partial charge in [-0.1, -0.05) is 66.2 Å². The van der Waals surface area contributed by atoms with Crippen LogP contribution in [0.2, 0.25) is 5.02 Å². The lowest BCUT2D eigenvalue weighted by Gasteiger charge is -2.45. The average Bonchev–Trinajstić information content (AvgIpc) is 2.77. The molecule has 0 aliphatic heterocycles. The predicted octanol–water partition coefficient (Wildman–Crippen LogP) is 5.74. The molecule has 4 heteroatoms. The van der Waals surface area contributed by atoms with Crippen molar-refractivity contribution in [2.45, 2.75) is 25.2 Å². The number of amides is 1. The first-order valence-electron chi connectivity index (χ1n) is 9.91. The van der Waals surface area contributed by atoms with Gasteiger partial charge in [0.1, 0.15) is 0 Å². The summed E-state index contributed by atoms with van der Waals surface area (Å²) in [4.78, 5) is 12.5. The number of rotatable bonds is 3. The molecule has 1 N–H and O–H groups in total. The summed E-state index contributed by atoms with van der Waals surface area (Å²) in [6.45, 7) is 2.02. The van der Waals surface area contributed by atoms with E-state index in [0.717, 1.165) is 12.1 Å². The maximum atomic E-state index is 12.5. The molecule has 3 aromatic rings. The fourth-order valence-corrected chi connectivity index (χ4v) is 5.15. The Labute approximate surface area is 175 Å². The fraction of sp³-hybridized carbons (Fsp3) is 0.200. The highest BCUT2D eigenvalue weighted by Crippen LogP contribution is 2.55. The molecule has 0 radical (unpaired) electrons. The van der Waals surface area contributed by atoms with Gasteiger partial charge in [-0.05, 0) is 53.8 Å². The Balaban J connectivity index is 1.46. The number of nitrogens with zero attached hydrogens (tertiary/aromatic N) is 1. The van der Waals surface area contributed by atoms with Crippen LogP contribution in [0.5, 0.6) is 0 Å². The molecule has 144 valence electrons. The number of fused-ring (bicyclic) bond motifs is 1. The first kappa shape index (κ1) is 18.1. The van der Waals surface area contributed by atoms with E-state index in [-0.39, 0.29) is 17.7 Å². The Morgan fingerprint density at radius 2 is 1.55 bits per heavy atom. The summed E-state index contributed by atoms with van der Waals surface area (Å²) in [5.41, 5.74) is 9.84. The first-order chi connectivity index (χ1) is 14.1. The van der Waals surface area contributed by atoms with Crippen LogP contribution in [0.4, 0.5) is 0 Å². The van der Waals surface area contributed by atoms with E-state index in [2.05, 4.69) is 59.1 Å². The van der Waals surface area contributed by atoms with Crippen molar-refractivity contribution in [2.24, 2.45) is 11.0 Å². The van der Waals surface area contributed by atoms with Crippen molar-refractivity contribution < 1.29 is 4.79 Å². The molecule has 0 saturated heterocycles. The molecular weight excluding hydrogens is 380 g/mol. The molecule has 2 bridgehead atoms. The van der Waals surface area contributed by atoms with Crippen LogP contribution in [0.3, 0.4) is 0 Å². The van der Waals surface area contributed by atoms with Crippen molar-refractivity contribution in [3.05, 3.63) is 106 Å². The number of hydrogen-bond donors (Lipinski definition) is 1. The summed E-state index contributed by atoms with van der Waals surface area (Å²) in [7, 11) is 0. The zero-order valence-electron chi connectivity index (χ0n) is 16.1. The van der Waals surface area contributed by atoms with Crippen LogP contribution in [0.15, 0.2) is 77.9 Å². The zero-order valence-corrected chi connectivity index (χ0v) is 16.9. The van der Waals surface area contributed by atoms with Crippen molar-refractivity contribution in [1.29, 1.82) is 0 Å². The summed E-state index contributed by atoms with van der Waals surface area (Å²) >= 11 is 6.00. The maximum absolute atomic E-state index is 12.5. The van der Waals surface area contributed by atoms with Gasteiger partial charge in [-0.25, -0.2) is 5.43 Å². The Kier molecular flexibility index (Phi) is 4.48. The number of nitrogens with one attached hydrogen (secondary N) is 1. The minimum absolute atomic E-state index is 0.242. The highest BCUT2D eigenvalue weighted by Gasteiger charge is 2.44. The third kappa shape index (κ3) is 3.06. The summed E-state index contributed by atoms with van der Waals surface area (Å²) in [5, 5.41) is 5.03. The molecular formula is C25H21ClN2O. The lowest BCUT2D eigenvalue weighted by molar-refractivity contribution is 0.0954. The second-order valence-electron chi connectivity index (χ2n) is 7.83. The molecule has 1 unspecified atom stereocenters. The first-order valence-corrected chi connectivity index (χ1v) is 10.3. The molecule has 3 aliphatic carbocycles. The quantitative estimate of drug-likeness (QED) is 0.441.